The molecule has 0 saturated carbocycles. The van der Waals surface area contributed by atoms with Gasteiger partial charge in [-0.2, -0.15) is 4.31 Å². The highest BCUT2D eigenvalue weighted by molar-refractivity contribution is 7.89. The van der Waals surface area contributed by atoms with E-state index in [2.05, 4.69) is 0 Å². The molecule has 0 aromatic heterocycles. The average Bonchev–Trinajstić information content (AvgIpc) is 2.54. The first-order valence-electron chi connectivity index (χ1n) is 7.28. The van der Waals surface area contributed by atoms with Crippen molar-refractivity contribution in [1.29, 1.82) is 0 Å². The fourth-order valence-electron chi connectivity index (χ4n) is 2.15. The molecule has 0 amide bonds. The van der Waals surface area contributed by atoms with Crippen molar-refractivity contribution in [3.8, 4) is 0 Å². The van der Waals surface area contributed by atoms with Gasteiger partial charge in [-0.25, -0.2) is 25.5 Å². The Morgan fingerprint density at radius 1 is 0.840 bits per heavy atom. The van der Waals surface area contributed by atoms with Crippen molar-refractivity contribution in [3.63, 3.8) is 0 Å². The lowest BCUT2D eigenvalue weighted by Crippen LogP contribution is -2.27. The molecule has 0 unspecified atom stereocenters. The number of hydrogen-bond donors (Lipinski definition) is 0. The summed E-state index contributed by atoms with van der Waals surface area (Å²) < 4.78 is 64.6. The van der Waals surface area contributed by atoms with E-state index in [-0.39, 0.29) is 16.3 Å². The molecule has 2 rings (SSSR count). The Bertz CT molecular complexity index is 956. The highest BCUT2D eigenvalue weighted by Gasteiger charge is 2.23. The highest BCUT2D eigenvalue weighted by Crippen LogP contribution is 2.20. The normalized spacial score (nSPS) is 12.7. The number of rotatable bonds is 6. The monoisotopic (exact) mass is 386 g/mol. The topological polar surface area (TPSA) is 74.8 Å². The molecule has 0 aliphatic heterocycles. The predicted molar refractivity (Wildman–Crippen MR) is 92.4 cm³/mol. The Morgan fingerprint density at radius 3 is 1.84 bits per heavy atom. The molecule has 0 aliphatic carbocycles. The van der Waals surface area contributed by atoms with Gasteiger partial charge in [0.2, 0.25) is 20.0 Å². The van der Waals surface area contributed by atoms with E-state index in [1.807, 2.05) is 0 Å². The highest BCUT2D eigenvalue weighted by atomic mass is 32.2. The summed E-state index contributed by atoms with van der Waals surface area (Å²) in [7, 11) is -3.29. The fraction of sp³-hybridized carbons (Fsp3) is 0.250. The van der Waals surface area contributed by atoms with E-state index >= 15 is 0 Å². The SMILES string of the molecule is CN(C)S(=O)(=O)c1ccc(S(=O)(=O)N(C)Cc2cccc(F)c2)cc1. The molecule has 0 radical (unpaired) electrons. The van der Waals surface area contributed by atoms with Crippen LogP contribution in [0.5, 0.6) is 0 Å². The predicted octanol–water partition coefficient (Wildman–Crippen LogP) is 1.90. The van der Waals surface area contributed by atoms with Gasteiger partial charge in [-0.1, -0.05) is 12.1 Å². The standard InChI is InChI=1S/C16H19FN2O4S2/c1-18(2)24(20,21)15-7-9-16(10-8-15)25(22,23)19(3)12-13-5-4-6-14(17)11-13/h4-11H,12H2,1-3H3. The van der Waals surface area contributed by atoms with Crippen LogP contribution in [-0.2, 0) is 26.6 Å². The number of halogens is 1. The van der Waals surface area contributed by atoms with Crippen LogP contribution < -0.4 is 0 Å². The lowest BCUT2D eigenvalue weighted by atomic mass is 10.2. The summed E-state index contributed by atoms with van der Waals surface area (Å²) in [6.07, 6.45) is 0. The van der Waals surface area contributed by atoms with Crippen LogP contribution in [0.1, 0.15) is 5.56 Å². The van der Waals surface area contributed by atoms with Crippen molar-refractivity contribution in [2.45, 2.75) is 16.3 Å². The number of benzene rings is 2. The van der Waals surface area contributed by atoms with Crippen molar-refractivity contribution < 1.29 is 21.2 Å². The van der Waals surface area contributed by atoms with Crippen LogP contribution in [0, 0.1) is 5.82 Å². The summed E-state index contributed by atoms with van der Waals surface area (Å²) in [6, 6.07) is 10.7. The molecule has 0 heterocycles. The molecular formula is C16H19FN2O4S2. The van der Waals surface area contributed by atoms with Crippen LogP contribution in [0.15, 0.2) is 58.3 Å². The largest absolute Gasteiger partial charge is 0.243 e. The van der Waals surface area contributed by atoms with Crippen LogP contribution in [0.2, 0.25) is 0 Å². The second kappa shape index (κ2) is 7.20. The van der Waals surface area contributed by atoms with Crippen LogP contribution in [0.4, 0.5) is 4.39 Å². The maximum absolute atomic E-state index is 13.2. The number of hydrogen-bond acceptors (Lipinski definition) is 4. The van der Waals surface area contributed by atoms with Crippen LogP contribution in [0.25, 0.3) is 0 Å². The Balaban J connectivity index is 2.27. The van der Waals surface area contributed by atoms with Crippen LogP contribution in [-0.4, -0.2) is 46.6 Å². The van der Waals surface area contributed by atoms with Gasteiger partial charge >= 0.3 is 0 Å². The van der Waals surface area contributed by atoms with Crippen molar-refractivity contribution in [1.82, 2.24) is 8.61 Å². The third-order valence-electron chi connectivity index (χ3n) is 3.60. The first kappa shape index (κ1) is 19.5. The first-order valence-corrected chi connectivity index (χ1v) is 10.2. The second-order valence-electron chi connectivity index (χ2n) is 5.65. The quantitative estimate of drug-likeness (QED) is 0.760. The molecule has 0 atom stereocenters. The first-order chi connectivity index (χ1) is 11.5. The molecule has 0 fully saturated rings. The lowest BCUT2D eigenvalue weighted by Gasteiger charge is -2.18. The summed E-state index contributed by atoms with van der Waals surface area (Å²) in [4.78, 5) is -0.0339. The molecule has 0 N–H and O–H groups in total. The van der Waals surface area contributed by atoms with E-state index < -0.39 is 25.9 Å². The minimum absolute atomic E-state index is 0.00214. The van der Waals surface area contributed by atoms with Gasteiger partial charge in [0.05, 0.1) is 9.79 Å². The van der Waals surface area contributed by atoms with E-state index in [0.717, 1.165) is 8.61 Å². The van der Waals surface area contributed by atoms with E-state index in [9.17, 15) is 21.2 Å². The molecule has 0 saturated heterocycles. The third-order valence-corrected chi connectivity index (χ3v) is 7.25. The van der Waals surface area contributed by atoms with E-state index in [1.54, 1.807) is 6.07 Å². The molecule has 2 aromatic carbocycles. The van der Waals surface area contributed by atoms with Gasteiger partial charge in [0, 0.05) is 27.7 Å². The zero-order chi connectivity index (χ0) is 18.8. The van der Waals surface area contributed by atoms with Gasteiger partial charge in [0.1, 0.15) is 5.82 Å². The summed E-state index contributed by atoms with van der Waals surface area (Å²) in [5.41, 5.74) is 0.512. The Kier molecular flexibility index (Phi) is 5.62. The van der Waals surface area contributed by atoms with Gasteiger partial charge < -0.3 is 0 Å². The second-order valence-corrected chi connectivity index (χ2v) is 9.85. The Morgan fingerprint density at radius 2 is 1.36 bits per heavy atom. The summed E-state index contributed by atoms with van der Waals surface area (Å²) in [6.45, 7) is -0.00214. The summed E-state index contributed by atoms with van der Waals surface area (Å²) in [5, 5.41) is 0. The maximum Gasteiger partial charge on any atom is 0.243 e. The number of sulfonamides is 2. The number of nitrogens with zero attached hydrogens (tertiary/aromatic N) is 2. The van der Waals surface area contributed by atoms with Crippen LogP contribution in [0.3, 0.4) is 0 Å². The zero-order valence-electron chi connectivity index (χ0n) is 14.0. The molecule has 136 valence electrons. The summed E-state index contributed by atoms with van der Waals surface area (Å²) >= 11 is 0. The average molecular weight is 386 g/mol. The maximum atomic E-state index is 13.2. The molecule has 0 spiro atoms. The minimum atomic E-state index is -3.83. The molecule has 0 aliphatic rings. The van der Waals surface area contributed by atoms with Gasteiger partial charge in [-0.3, -0.25) is 0 Å². The molecule has 2 aromatic rings. The van der Waals surface area contributed by atoms with E-state index in [4.69, 9.17) is 0 Å². The van der Waals surface area contributed by atoms with E-state index in [0.29, 0.717) is 5.56 Å². The molecule has 25 heavy (non-hydrogen) atoms. The molecule has 9 heteroatoms. The molecule has 6 nitrogen and oxygen atoms in total. The smallest absolute Gasteiger partial charge is 0.207 e. The van der Waals surface area contributed by atoms with Gasteiger partial charge in [-0.15, -0.1) is 0 Å². The van der Waals surface area contributed by atoms with Crippen molar-refractivity contribution >= 4 is 20.0 Å². The minimum Gasteiger partial charge on any atom is -0.207 e. The molecular weight excluding hydrogens is 367 g/mol. The lowest BCUT2D eigenvalue weighted by molar-refractivity contribution is 0.465. The van der Waals surface area contributed by atoms with Crippen molar-refractivity contribution in [2.24, 2.45) is 0 Å². The third kappa shape index (κ3) is 4.24. The molecule has 0 bridgehead atoms. The summed E-state index contributed by atoms with van der Waals surface area (Å²) in [5.74, 6) is -0.443. The van der Waals surface area contributed by atoms with Crippen molar-refractivity contribution in [2.75, 3.05) is 21.1 Å². The van der Waals surface area contributed by atoms with Gasteiger partial charge in [-0.05, 0) is 42.0 Å². The van der Waals surface area contributed by atoms with Crippen LogP contribution >= 0.6 is 0 Å². The Hall–Kier alpha value is -1.81. The van der Waals surface area contributed by atoms with E-state index in [1.165, 1.54) is 63.6 Å². The van der Waals surface area contributed by atoms with Crippen molar-refractivity contribution in [3.05, 3.63) is 59.9 Å². The zero-order valence-corrected chi connectivity index (χ0v) is 15.7. The van der Waals surface area contributed by atoms with Gasteiger partial charge in [0.15, 0.2) is 0 Å². The Labute approximate surface area is 147 Å². The van der Waals surface area contributed by atoms with Gasteiger partial charge in [0.25, 0.3) is 0 Å². The fourth-order valence-corrected chi connectivity index (χ4v) is 4.21.